The van der Waals surface area contributed by atoms with Gasteiger partial charge >= 0.3 is 0 Å². The molecule has 0 unspecified atom stereocenters. The highest BCUT2D eigenvalue weighted by atomic mass is 19.1. The molecule has 2 rings (SSSR count). The second-order valence-electron chi connectivity index (χ2n) is 4.64. The predicted molar refractivity (Wildman–Crippen MR) is 69.0 cm³/mol. The largest absolute Gasteiger partial charge is 0.335 e. The van der Waals surface area contributed by atoms with Crippen LogP contribution in [-0.4, -0.2) is 30.1 Å². The standard InChI is InChI=1S/C13H15FN4O/c1-9(10-5-3-2-4-6-10)18-8-11(7-14)12(13(18)19)16-17-15/h2-6,9,11-12H,7-8H2,1H3/t9-,11+,12+/m1/s1. The maximum Gasteiger partial charge on any atom is 0.232 e. The van der Waals surface area contributed by atoms with Gasteiger partial charge in [0.25, 0.3) is 0 Å². The summed E-state index contributed by atoms with van der Waals surface area (Å²) < 4.78 is 12.9. The van der Waals surface area contributed by atoms with Crippen LogP contribution in [0.4, 0.5) is 4.39 Å². The maximum absolute atomic E-state index is 12.9. The van der Waals surface area contributed by atoms with Crippen molar-refractivity contribution in [2.75, 3.05) is 13.2 Å². The van der Waals surface area contributed by atoms with Crippen LogP contribution in [0.15, 0.2) is 35.4 Å². The van der Waals surface area contributed by atoms with Crippen molar-refractivity contribution < 1.29 is 9.18 Å². The summed E-state index contributed by atoms with van der Waals surface area (Å²) in [5, 5.41) is 3.43. The van der Waals surface area contributed by atoms with E-state index < -0.39 is 18.6 Å². The monoisotopic (exact) mass is 262 g/mol. The molecule has 0 spiro atoms. The fourth-order valence-corrected chi connectivity index (χ4v) is 2.41. The smallest absolute Gasteiger partial charge is 0.232 e. The Morgan fingerprint density at radius 1 is 1.53 bits per heavy atom. The first kappa shape index (κ1) is 13.4. The lowest BCUT2D eigenvalue weighted by Crippen LogP contribution is -2.31. The van der Waals surface area contributed by atoms with E-state index in [0.717, 1.165) is 5.56 Å². The molecule has 0 aromatic heterocycles. The van der Waals surface area contributed by atoms with Crippen LogP contribution in [0, 0.1) is 5.92 Å². The third kappa shape index (κ3) is 2.53. The van der Waals surface area contributed by atoms with Crippen LogP contribution in [0.2, 0.25) is 0 Å². The zero-order valence-electron chi connectivity index (χ0n) is 10.6. The summed E-state index contributed by atoms with van der Waals surface area (Å²) in [6.45, 7) is 1.52. The summed E-state index contributed by atoms with van der Waals surface area (Å²) in [6.07, 6.45) is 0. The highest BCUT2D eigenvalue weighted by Crippen LogP contribution is 2.30. The summed E-state index contributed by atoms with van der Waals surface area (Å²) >= 11 is 0. The highest BCUT2D eigenvalue weighted by Gasteiger charge is 2.41. The Balaban J connectivity index is 2.22. The number of azide groups is 1. The third-order valence-corrected chi connectivity index (χ3v) is 3.54. The van der Waals surface area contributed by atoms with E-state index in [9.17, 15) is 9.18 Å². The molecule has 1 aliphatic rings. The van der Waals surface area contributed by atoms with Crippen LogP contribution in [0.1, 0.15) is 18.5 Å². The van der Waals surface area contributed by atoms with E-state index in [4.69, 9.17) is 5.53 Å². The molecule has 1 fully saturated rings. The van der Waals surface area contributed by atoms with Gasteiger partial charge in [0, 0.05) is 17.4 Å². The van der Waals surface area contributed by atoms with Gasteiger partial charge in [-0.3, -0.25) is 9.18 Å². The first-order valence-electron chi connectivity index (χ1n) is 6.14. The Bertz CT molecular complexity index is 501. The SMILES string of the molecule is C[C@H](c1ccccc1)N1C[C@H](CF)[C@H](N=[N+]=[N-])C1=O. The van der Waals surface area contributed by atoms with E-state index in [1.54, 1.807) is 4.90 Å². The molecule has 19 heavy (non-hydrogen) atoms. The van der Waals surface area contributed by atoms with E-state index >= 15 is 0 Å². The zero-order chi connectivity index (χ0) is 13.8. The van der Waals surface area contributed by atoms with Gasteiger partial charge in [-0.15, -0.1) is 0 Å². The molecule has 1 aromatic carbocycles. The van der Waals surface area contributed by atoms with Crippen molar-refractivity contribution in [3.8, 4) is 0 Å². The molecule has 1 aliphatic heterocycles. The van der Waals surface area contributed by atoms with Crippen LogP contribution in [0.5, 0.6) is 0 Å². The number of alkyl halides is 1. The van der Waals surface area contributed by atoms with Crippen molar-refractivity contribution >= 4 is 5.91 Å². The minimum Gasteiger partial charge on any atom is -0.335 e. The molecule has 0 radical (unpaired) electrons. The summed E-state index contributed by atoms with van der Waals surface area (Å²) in [5.41, 5.74) is 9.45. The zero-order valence-corrected chi connectivity index (χ0v) is 10.6. The minimum atomic E-state index is -0.916. The van der Waals surface area contributed by atoms with Crippen molar-refractivity contribution in [2.24, 2.45) is 11.0 Å². The van der Waals surface area contributed by atoms with E-state index in [-0.39, 0.29) is 18.5 Å². The Kier molecular flexibility index (Phi) is 4.02. The summed E-state index contributed by atoms with van der Waals surface area (Å²) in [6, 6.07) is 8.46. The average molecular weight is 262 g/mol. The van der Waals surface area contributed by atoms with E-state index in [1.807, 2.05) is 37.3 Å². The molecule has 6 heteroatoms. The van der Waals surface area contributed by atoms with Gasteiger partial charge < -0.3 is 4.90 Å². The molecule has 0 saturated carbocycles. The van der Waals surface area contributed by atoms with Gasteiger partial charge in [0.1, 0.15) is 6.04 Å². The number of amides is 1. The number of rotatable bonds is 4. The molecular weight excluding hydrogens is 247 g/mol. The quantitative estimate of drug-likeness (QED) is 0.467. The Morgan fingerprint density at radius 2 is 2.21 bits per heavy atom. The Labute approximate surface area is 110 Å². The molecule has 5 nitrogen and oxygen atoms in total. The van der Waals surface area contributed by atoms with Gasteiger partial charge in [-0.1, -0.05) is 35.4 Å². The van der Waals surface area contributed by atoms with Gasteiger partial charge in [-0.2, -0.15) is 0 Å². The average Bonchev–Trinajstić information content (AvgIpc) is 2.76. The molecule has 0 N–H and O–H groups in total. The highest BCUT2D eigenvalue weighted by molar-refractivity contribution is 5.85. The first-order valence-corrected chi connectivity index (χ1v) is 6.14. The lowest BCUT2D eigenvalue weighted by Gasteiger charge is -2.25. The van der Waals surface area contributed by atoms with Gasteiger partial charge in [0.2, 0.25) is 5.91 Å². The maximum atomic E-state index is 12.9. The number of halogens is 1. The van der Waals surface area contributed by atoms with Gasteiger partial charge in [-0.25, -0.2) is 0 Å². The van der Waals surface area contributed by atoms with Crippen molar-refractivity contribution in [3.63, 3.8) is 0 Å². The summed E-state index contributed by atoms with van der Waals surface area (Å²) in [7, 11) is 0. The molecule has 1 heterocycles. The second-order valence-corrected chi connectivity index (χ2v) is 4.64. The molecule has 0 bridgehead atoms. The number of hydrogen-bond acceptors (Lipinski definition) is 2. The Hall–Kier alpha value is -2.07. The van der Waals surface area contributed by atoms with Crippen LogP contribution in [-0.2, 0) is 4.79 Å². The molecular formula is C13H15FN4O. The minimum absolute atomic E-state index is 0.151. The van der Waals surface area contributed by atoms with Crippen molar-refractivity contribution in [1.82, 2.24) is 4.90 Å². The van der Waals surface area contributed by atoms with E-state index in [0.29, 0.717) is 0 Å². The van der Waals surface area contributed by atoms with Crippen LogP contribution < -0.4 is 0 Å². The first-order chi connectivity index (χ1) is 9.19. The number of benzene rings is 1. The molecule has 1 saturated heterocycles. The number of hydrogen-bond donors (Lipinski definition) is 0. The second kappa shape index (κ2) is 5.71. The van der Waals surface area contributed by atoms with Crippen molar-refractivity contribution in [2.45, 2.75) is 19.0 Å². The lowest BCUT2D eigenvalue weighted by atomic mass is 10.1. The number of nitrogens with zero attached hydrogens (tertiary/aromatic N) is 4. The summed E-state index contributed by atoms with van der Waals surface area (Å²) in [5.74, 6) is -0.841. The van der Waals surface area contributed by atoms with Crippen molar-refractivity contribution in [3.05, 3.63) is 46.3 Å². The molecule has 3 atom stereocenters. The fourth-order valence-electron chi connectivity index (χ4n) is 2.41. The molecule has 1 aromatic rings. The van der Waals surface area contributed by atoms with Gasteiger partial charge in [-0.05, 0) is 18.0 Å². The molecule has 100 valence electrons. The molecule has 1 amide bonds. The van der Waals surface area contributed by atoms with Crippen LogP contribution in [0.3, 0.4) is 0 Å². The van der Waals surface area contributed by atoms with Crippen LogP contribution >= 0.6 is 0 Å². The normalized spacial score (nSPS) is 24.1. The topological polar surface area (TPSA) is 69.1 Å². The number of likely N-dealkylation sites (tertiary alicyclic amines) is 1. The van der Waals surface area contributed by atoms with Gasteiger partial charge in [0.05, 0.1) is 12.7 Å². The fraction of sp³-hybridized carbons (Fsp3) is 0.462. The number of carbonyl (C=O) groups is 1. The summed E-state index contributed by atoms with van der Waals surface area (Å²) in [4.78, 5) is 16.4. The number of carbonyl (C=O) groups excluding carboxylic acids is 1. The van der Waals surface area contributed by atoms with E-state index in [2.05, 4.69) is 10.0 Å². The Morgan fingerprint density at radius 3 is 2.79 bits per heavy atom. The van der Waals surface area contributed by atoms with Crippen LogP contribution in [0.25, 0.3) is 10.4 Å². The third-order valence-electron chi connectivity index (χ3n) is 3.54. The van der Waals surface area contributed by atoms with Crippen molar-refractivity contribution in [1.29, 1.82) is 0 Å². The van der Waals surface area contributed by atoms with E-state index in [1.165, 1.54) is 0 Å². The lowest BCUT2D eigenvalue weighted by molar-refractivity contribution is -0.130. The predicted octanol–water partition coefficient (Wildman–Crippen LogP) is 2.85. The molecule has 0 aliphatic carbocycles. The van der Waals surface area contributed by atoms with Gasteiger partial charge in [0.15, 0.2) is 0 Å².